The Morgan fingerprint density at radius 2 is 1.89 bits per heavy atom. The molecule has 1 saturated carbocycles. The molecule has 9 heavy (non-hydrogen) atoms. The van der Waals surface area contributed by atoms with Crippen molar-refractivity contribution in [2.75, 3.05) is 6.26 Å². The lowest BCUT2D eigenvalue weighted by molar-refractivity contribution is 0.503. The number of hydrogen-bond acceptors (Lipinski definition) is 1. The first-order chi connectivity index (χ1) is 4.43. The van der Waals surface area contributed by atoms with Crippen molar-refractivity contribution in [3.8, 4) is 0 Å². The van der Waals surface area contributed by atoms with Gasteiger partial charge in [0.05, 0.1) is 0 Å². The zero-order chi connectivity index (χ0) is 6.53. The van der Waals surface area contributed by atoms with Crippen molar-refractivity contribution in [2.45, 2.75) is 37.9 Å². The summed E-state index contributed by atoms with van der Waals surface area (Å²) in [5.41, 5.74) is 0. The largest absolute Gasteiger partial charge is 0.221 e. The van der Waals surface area contributed by atoms with Gasteiger partial charge < -0.3 is 0 Å². The maximum atomic E-state index is 2.40. The monoisotopic (exact) mass is 141 g/mol. The molecule has 0 unspecified atom stereocenters. The first-order valence-electron chi connectivity index (χ1n) is 3.79. The van der Waals surface area contributed by atoms with Gasteiger partial charge >= 0.3 is 0 Å². The molecule has 1 rings (SSSR count). The Morgan fingerprint density at radius 1 is 1.22 bits per heavy atom. The minimum absolute atomic E-state index is 0.939. The molecule has 0 aromatic heterocycles. The second kappa shape index (κ2) is 4.27. The van der Waals surface area contributed by atoms with Gasteiger partial charge in [-0.2, -0.15) is 0 Å². The summed E-state index contributed by atoms with van der Waals surface area (Å²) < 4.78 is 0. The average Bonchev–Trinajstić information content (AvgIpc) is 1.91. The van der Waals surface area contributed by atoms with E-state index in [2.05, 4.69) is 12.8 Å². The molecule has 0 aliphatic heterocycles. The Kier molecular flexibility index (Phi) is 3.56. The van der Waals surface area contributed by atoms with E-state index >= 15 is 0 Å². The quantitative estimate of drug-likeness (QED) is 0.532. The van der Waals surface area contributed by atoms with Crippen molar-refractivity contribution in [1.29, 1.82) is 0 Å². The molecule has 0 heterocycles. The molecule has 2 heteroatoms. The maximum absolute atomic E-state index is 2.40. The molecule has 0 N–H and O–H groups in total. The van der Waals surface area contributed by atoms with Gasteiger partial charge in [-0.25, -0.2) is 11.6 Å². The van der Waals surface area contributed by atoms with Crippen LogP contribution in [0.25, 0.3) is 0 Å². The van der Waals surface area contributed by atoms with E-state index in [9.17, 15) is 0 Å². The van der Waals surface area contributed by atoms with Crippen molar-refractivity contribution in [1.82, 2.24) is 0 Å². The van der Waals surface area contributed by atoms with Gasteiger partial charge in [0, 0.05) is 0 Å². The van der Waals surface area contributed by atoms with E-state index in [1.165, 1.54) is 32.1 Å². The third-order valence-electron chi connectivity index (χ3n) is 1.98. The van der Waals surface area contributed by atoms with Crippen LogP contribution in [0, 0.1) is 0 Å². The highest BCUT2D eigenvalue weighted by atomic mass is 32.2. The van der Waals surface area contributed by atoms with E-state index in [0.717, 1.165) is 5.82 Å². The third-order valence-corrected chi connectivity index (χ3v) is 2.64. The van der Waals surface area contributed by atoms with Gasteiger partial charge in [-0.3, -0.25) is 0 Å². The first kappa shape index (κ1) is 7.52. The van der Waals surface area contributed by atoms with Crippen LogP contribution in [0.5, 0.6) is 0 Å². The molecular formula is C7H14BS. The summed E-state index contributed by atoms with van der Waals surface area (Å²) >= 11 is 1.88. The SMILES string of the molecule is CS[B]C1CCCCC1. The Labute approximate surface area is 62.9 Å². The summed E-state index contributed by atoms with van der Waals surface area (Å²) in [6, 6.07) is 0. The van der Waals surface area contributed by atoms with Crippen LogP contribution >= 0.6 is 11.6 Å². The third kappa shape index (κ3) is 2.66. The lowest BCUT2D eigenvalue weighted by atomic mass is 9.74. The van der Waals surface area contributed by atoms with E-state index in [4.69, 9.17) is 0 Å². The fraction of sp³-hybridized carbons (Fsp3) is 1.00. The zero-order valence-electron chi connectivity index (χ0n) is 6.10. The Balaban J connectivity index is 2.08. The van der Waals surface area contributed by atoms with E-state index in [1.54, 1.807) is 0 Å². The summed E-state index contributed by atoms with van der Waals surface area (Å²) in [5.74, 6) is 0.939. The second-order valence-electron chi connectivity index (χ2n) is 2.77. The van der Waals surface area contributed by atoms with Crippen molar-refractivity contribution in [2.24, 2.45) is 0 Å². The lowest BCUT2D eigenvalue weighted by Gasteiger charge is -2.19. The lowest BCUT2D eigenvalue weighted by Crippen LogP contribution is -2.04. The second-order valence-corrected chi connectivity index (χ2v) is 3.51. The fourth-order valence-electron chi connectivity index (χ4n) is 1.46. The molecular weight excluding hydrogens is 127 g/mol. The molecule has 0 saturated heterocycles. The standard InChI is InChI=1S/C7H14BS/c1-9-8-7-5-3-2-4-6-7/h7H,2-6H2,1H3. The fourth-order valence-corrected chi connectivity index (χ4v) is 2.12. The number of hydrogen-bond donors (Lipinski definition) is 0. The highest BCUT2D eigenvalue weighted by Crippen LogP contribution is 2.29. The van der Waals surface area contributed by atoms with Gasteiger partial charge in [0.1, 0.15) is 0 Å². The normalized spacial score (nSPS) is 21.9. The first-order valence-corrected chi connectivity index (χ1v) is 5.08. The van der Waals surface area contributed by atoms with Gasteiger partial charge in [-0.15, -0.1) is 0 Å². The van der Waals surface area contributed by atoms with Gasteiger partial charge in [-0.1, -0.05) is 37.9 Å². The average molecular weight is 141 g/mol. The van der Waals surface area contributed by atoms with Gasteiger partial charge in [0.15, 0.2) is 6.56 Å². The summed E-state index contributed by atoms with van der Waals surface area (Å²) in [5, 5.41) is 0. The van der Waals surface area contributed by atoms with Crippen LogP contribution in [0.2, 0.25) is 5.82 Å². The van der Waals surface area contributed by atoms with Crippen molar-refractivity contribution in [3.63, 3.8) is 0 Å². The van der Waals surface area contributed by atoms with Crippen molar-refractivity contribution < 1.29 is 0 Å². The van der Waals surface area contributed by atoms with Crippen LogP contribution < -0.4 is 0 Å². The van der Waals surface area contributed by atoms with E-state index in [0.29, 0.717) is 0 Å². The predicted octanol–water partition coefficient (Wildman–Crippen LogP) is 2.72. The van der Waals surface area contributed by atoms with Crippen LogP contribution in [-0.2, 0) is 0 Å². The minimum Gasteiger partial charge on any atom is -0.221 e. The number of rotatable bonds is 2. The highest BCUT2D eigenvalue weighted by molar-refractivity contribution is 8.22. The molecule has 0 nitrogen and oxygen atoms in total. The molecule has 1 aliphatic carbocycles. The molecule has 0 aromatic rings. The molecule has 1 fully saturated rings. The maximum Gasteiger partial charge on any atom is 0.194 e. The molecule has 0 spiro atoms. The van der Waals surface area contributed by atoms with Gasteiger partial charge in [0.25, 0.3) is 0 Å². The smallest absolute Gasteiger partial charge is 0.194 e. The molecule has 1 radical (unpaired) electrons. The van der Waals surface area contributed by atoms with E-state index in [-0.39, 0.29) is 0 Å². The zero-order valence-corrected chi connectivity index (χ0v) is 6.91. The molecule has 1 aliphatic rings. The van der Waals surface area contributed by atoms with Crippen LogP contribution in [0.15, 0.2) is 0 Å². The summed E-state index contributed by atoms with van der Waals surface area (Å²) in [6.07, 6.45) is 9.44. The summed E-state index contributed by atoms with van der Waals surface area (Å²) in [6.45, 7) is 2.40. The predicted molar refractivity (Wildman–Crippen MR) is 46.1 cm³/mol. The van der Waals surface area contributed by atoms with Crippen LogP contribution in [0.4, 0.5) is 0 Å². The van der Waals surface area contributed by atoms with E-state index in [1.807, 2.05) is 11.6 Å². The summed E-state index contributed by atoms with van der Waals surface area (Å²) in [7, 11) is 0. The molecule has 51 valence electrons. The van der Waals surface area contributed by atoms with Crippen LogP contribution in [-0.4, -0.2) is 12.8 Å². The molecule has 0 bridgehead atoms. The Hall–Kier alpha value is 0.415. The Morgan fingerprint density at radius 3 is 2.44 bits per heavy atom. The molecule has 0 amide bonds. The topological polar surface area (TPSA) is 0 Å². The Bertz CT molecular complexity index is 66.6. The van der Waals surface area contributed by atoms with E-state index < -0.39 is 0 Å². The van der Waals surface area contributed by atoms with Gasteiger partial charge in [-0.05, 0) is 6.26 Å². The molecule has 0 atom stereocenters. The summed E-state index contributed by atoms with van der Waals surface area (Å²) in [4.78, 5) is 0. The minimum atomic E-state index is 0.939. The van der Waals surface area contributed by atoms with Crippen molar-refractivity contribution >= 4 is 18.2 Å². The van der Waals surface area contributed by atoms with Gasteiger partial charge in [0.2, 0.25) is 0 Å². The highest BCUT2D eigenvalue weighted by Gasteiger charge is 2.12. The van der Waals surface area contributed by atoms with Crippen molar-refractivity contribution in [3.05, 3.63) is 0 Å². The van der Waals surface area contributed by atoms with Crippen LogP contribution in [0.1, 0.15) is 32.1 Å². The van der Waals surface area contributed by atoms with Crippen LogP contribution in [0.3, 0.4) is 0 Å². The molecule has 0 aromatic carbocycles.